The number of benzene rings is 2. The Bertz CT molecular complexity index is 880. The van der Waals surface area contributed by atoms with Crippen LogP contribution >= 0.6 is 11.6 Å². The Labute approximate surface area is 172 Å². The van der Waals surface area contributed by atoms with Crippen LogP contribution in [0.4, 0.5) is 5.69 Å². The van der Waals surface area contributed by atoms with E-state index in [0.717, 1.165) is 43.4 Å². The fourth-order valence-electron chi connectivity index (χ4n) is 3.11. The van der Waals surface area contributed by atoms with Crippen LogP contribution in [0.25, 0.3) is 0 Å². The van der Waals surface area contributed by atoms with E-state index < -0.39 is 10.0 Å². The fraction of sp³-hybridized carbons (Fsp3) is 0.400. The Morgan fingerprint density at radius 1 is 1.04 bits per heavy atom. The minimum absolute atomic E-state index is 0.266. The number of halogens is 1. The second-order valence-corrected chi connectivity index (χ2v) is 9.50. The van der Waals surface area contributed by atoms with Crippen molar-refractivity contribution in [2.24, 2.45) is 0 Å². The second kappa shape index (κ2) is 9.13. The van der Waals surface area contributed by atoms with Gasteiger partial charge in [-0.15, -0.1) is 0 Å². The maximum atomic E-state index is 12.1. The number of rotatable bonds is 7. The van der Waals surface area contributed by atoms with Gasteiger partial charge >= 0.3 is 0 Å². The predicted octanol–water partition coefficient (Wildman–Crippen LogP) is 2.79. The highest BCUT2D eigenvalue weighted by molar-refractivity contribution is 7.89. The zero-order valence-electron chi connectivity index (χ0n) is 16.2. The number of hydrogen-bond donors (Lipinski definition) is 0. The molecule has 0 atom stereocenters. The molecule has 0 saturated carbocycles. The molecule has 0 spiro atoms. The van der Waals surface area contributed by atoms with Gasteiger partial charge in [-0.1, -0.05) is 17.7 Å². The third-order valence-electron chi connectivity index (χ3n) is 4.82. The van der Waals surface area contributed by atoms with Crippen LogP contribution in [0.1, 0.15) is 0 Å². The highest BCUT2D eigenvalue weighted by Crippen LogP contribution is 2.21. The smallest absolute Gasteiger partial charge is 0.242 e. The van der Waals surface area contributed by atoms with Gasteiger partial charge in [0.2, 0.25) is 10.0 Å². The SMILES string of the molecule is CN(C)S(=O)(=O)c1ccc(OCCN2CCN(c3cccc(Cl)c3)CC2)cc1. The summed E-state index contributed by atoms with van der Waals surface area (Å²) in [6.07, 6.45) is 0. The zero-order chi connectivity index (χ0) is 20.1. The summed E-state index contributed by atoms with van der Waals surface area (Å²) in [6, 6.07) is 14.5. The van der Waals surface area contributed by atoms with Gasteiger partial charge < -0.3 is 9.64 Å². The molecule has 28 heavy (non-hydrogen) atoms. The molecular weight excluding hydrogens is 398 g/mol. The lowest BCUT2D eigenvalue weighted by atomic mass is 10.2. The Hall–Kier alpha value is -1.80. The molecule has 6 nitrogen and oxygen atoms in total. The van der Waals surface area contributed by atoms with Gasteiger partial charge in [-0.05, 0) is 42.5 Å². The van der Waals surface area contributed by atoms with Crippen LogP contribution in [0, 0.1) is 0 Å². The molecule has 0 N–H and O–H groups in total. The summed E-state index contributed by atoms with van der Waals surface area (Å²) < 4.78 is 31.1. The average Bonchev–Trinajstić information content (AvgIpc) is 2.69. The van der Waals surface area contributed by atoms with Crippen molar-refractivity contribution in [3.05, 3.63) is 53.6 Å². The maximum Gasteiger partial charge on any atom is 0.242 e. The van der Waals surface area contributed by atoms with E-state index in [1.165, 1.54) is 18.4 Å². The minimum atomic E-state index is -3.41. The topological polar surface area (TPSA) is 53.1 Å². The van der Waals surface area contributed by atoms with Crippen LogP contribution in [0.5, 0.6) is 5.75 Å². The van der Waals surface area contributed by atoms with Crippen molar-refractivity contribution >= 4 is 27.3 Å². The second-order valence-electron chi connectivity index (χ2n) is 6.92. The molecule has 8 heteroatoms. The van der Waals surface area contributed by atoms with Gasteiger partial charge in [0.05, 0.1) is 4.90 Å². The Kier molecular flexibility index (Phi) is 6.82. The highest BCUT2D eigenvalue weighted by Gasteiger charge is 2.18. The van der Waals surface area contributed by atoms with E-state index in [4.69, 9.17) is 16.3 Å². The molecule has 0 amide bonds. The van der Waals surface area contributed by atoms with Crippen LogP contribution in [-0.2, 0) is 10.0 Å². The van der Waals surface area contributed by atoms with Crippen molar-refractivity contribution in [1.82, 2.24) is 9.21 Å². The normalized spacial score (nSPS) is 15.8. The number of anilines is 1. The van der Waals surface area contributed by atoms with Crippen LogP contribution in [0.3, 0.4) is 0 Å². The lowest BCUT2D eigenvalue weighted by Gasteiger charge is -2.36. The first-order chi connectivity index (χ1) is 13.4. The lowest BCUT2D eigenvalue weighted by molar-refractivity contribution is 0.200. The van der Waals surface area contributed by atoms with Crippen molar-refractivity contribution in [2.75, 3.05) is 58.3 Å². The summed E-state index contributed by atoms with van der Waals surface area (Å²) >= 11 is 6.08. The first kappa shape index (κ1) is 20.9. The molecule has 1 fully saturated rings. The zero-order valence-corrected chi connectivity index (χ0v) is 17.8. The van der Waals surface area contributed by atoms with Crippen LogP contribution in [0.15, 0.2) is 53.4 Å². The molecule has 1 heterocycles. The first-order valence-electron chi connectivity index (χ1n) is 9.24. The first-order valence-corrected chi connectivity index (χ1v) is 11.1. The van der Waals surface area contributed by atoms with Gasteiger partial charge in [-0.3, -0.25) is 4.90 Å². The summed E-state index contributed by atoms with van der Waals surface area (Å²) in [6.45, 7) is 5.25. The summed E-state index contributed by atoms with van der Waals surface area (Å²) in [5.74, 6) is 0.676. The summed E-state index contributed by atoms with van der Waals surface area (Å²) in [5, 5.41) is 0.762. The van der Waals surface area contributed by atoms with Crippen LogP contribution in [0.2, 0.25) is 5.02 Å². The summed E-state index contributed by atoms with van der Waals surface area (Å²) in [7, 11) is -0.366. The van der Waals surface area contributed by atoms with Crippen LogP contribution in [-0.4, -0.2) is 71.0 Å². The van der Waals surface area contributed by atoms with Crippen molar-refractivity contribution in [1.29, 1.82) is 0 Å². The largest absolute Gasteiger partial charge is 0.492 e. The molecule has 0 unspecified atom stereocenters. The monoisotopic (exact) mass is 423 g/mol. The number of piperazine rings is 1. The highest BCUT2D eigenvalue weighted by atomic mass is 35.5. The van der Waals surface area contributed by atoms with E-state index in [-0.39, 0.29) is 4.90 Å². The fourth-order valence-corrected chi connectivity index (χ4v) is 4.20. The van der Waals surface area contributed by atoms with Crippen molar-refractivity contribution in [3.8, 4) is 5.75 Å². The third-order valence-corrected chi connectivity index (χ3v) is 6.89. The van der Waals surface area contributed by atoms with Gasteiger partial charge in [0.1, 0.15) is 12.4 Å². The predicted molar refractivity (Wildman–Crippen MR) is 113 cm³/mol. The van der Waals surface area contributed by atoms with E-state index in [1.807, 2.05) is 18.2 Å². The Morgan fingerprint density at radius 2 is 1.71 bits per heavy atom. The Balaban J connectivity index is 1.44. The lowest BCUT2D eigenvalue weighted by Crippen LogP contribution is -2.47. The summed E-state index contributed by atoms with van der Waals surface area (Å²) in [5.41, 5.74) is 1.16. The van der Waals surface area contributed by atoms with Crippen molar-refractivity contribution < 1.29 is 13.2 Å². The molecule has 1 aliphatic heterocycles. The van der Waals surface area contributed by atoms with Gasteiger partial charge in [-0.25, -0.2) is 12.7 Å². The minimum Gasteiger partial charge on any atom is -0.492 e. The van der Waals surface area contributed by atoms with E-state index >= 15 is 0 Å². The standard InChI is InChI=1S/C20H26ClN3O3S/c1-22(2)28(25,26)20-8-6-19(7-9-20)27-15-14-23-10-12-24(13-11-23)18-5-3-4-17(21)16-18/h3-9,16H,10-15H2,1-2H3. The molecule has 0 aliphatic carbocycles. The number of hydrogen-bond acceptors (Lipinski definition) is 5. The molecule has 1 aliphatic rings. The van der Waals surface area contributed by atoms with Gasteiger partial charge in [0, 0.05) is 57.5 Å². The van der Waals surface area contributed by atoms with E-state index in [0.29, 0.717) is 12.4 Å². The average molecular weight is 424 g/mol. The molecule has 2 aromatic carbocycles. The quantitative estimate of drug-likeness (QED) is 0.685. The molecule has 0 aromatic heterocycles. The molecule has 3 rings (SSSR count). The molecule has 152 valence electrons. The molecule has 2 aromatic rings. The van der Waals surface area contributed by atoms with E-state index in [2.05, 4.69) is 15.9 Å². The van der Waals surface area contributed by atoms with E-state index in [1.54, 1.807) is 24.3 Å². The van der Waals surface area contributed by atoms with E-state index in [9.17, 15) is 8.42 Å². The van der Waals surface area contributed by atoms with Crippen molar-refractivity contribution in [3.63, 3.8) is 0 Å². The molecular formula is C20H26ClN3O3S. The van der Waals surface area contributed by atoms with Gasteiger partial charge in [0.15, 0.2) is 0 Å². The number of nitrogens with zero attached hydrogens (tertiary/aromatic N) is 3. The summed E-state index contributed by atoms with van der Waals surface area (Å²) in [4.78, 5) is 4.97. The number of sulfonamides is 1. The van der Waals surface area contributed by atoms with Crippen molar-refractivity contribution in [2.45, 2.75) is 4.90 Å². The third kappa shape index (κ3) is 5.17. The van der Waals surface area contributed by atoms with Gasteiger partial charge in [-0.2, -0.15) is 0 Å². The van der Waals surface area contributed by atoms with Gasteiger partial charge in [0.25, 0.3) is 0 Å². The maximum absolute atomic E-state index is 12.1. The van der Waals surface area contributed by atoms with Crippen LogP contribution < -0.4 is 9.64 Å². The molecule has 1 saturated heterocycles. The Morgan fingerprint density at radius 3 is 2.32 bits per heavy atom. The number of ether oxygens (including phenoxy) is 1. The molecule has 0 radical (unpaired) electrons. The molecule has 0 bridgehead atoms.